The van der Waals surface area contributed by atoms with Crippen LogP contribution in [-0.4, -0.2) is 28.4 Å². The lowest BCUT2D eigenvalue weighted by Crippen LogP contribution is -1.95. The third-order valence-electron chi connectivity index (χ3n) is 2.81. The Morgan fingerprint density at radius 1 is 1.35 bits per heavy atom. The Morgan fingerprint density at radius 3 is 2.95 bits per heavy atom. The summed E-state index contributed by atoms with van der Waals surface area (Å²) < 4.78 is 10.7. The lowest BCUT2D eigenvalue weighted by atomic mass is 10.2. The molecule has 0 amide bonds. The van der Waals surface area contributed by atoms with Crippen LogP contribution in [0, 0.1) is 0 Å². The number of nitrogens with zero attached hydrogens (tertiary/aromatic N) is 2. The molecule has 0 fully saturated rings. The SMILES string of the molecule is COc1cccc(-c2nnc(CCCCC(=O)O)o2)c1. The molecule has 106 valence electrons. The summed E-state index contributed by atoms with van der Waals surface area (Å²) >= 11 is 0. The molecular weight excluding hydrogens is 260 g/mol. The maximum absolute atomic E-state index is 10.4. The highest BCUT2D eigenvalue weighted by Crippen LogP contribution is 2.22. The van der Waals surface area contributed by atoms with Crippen molar-refractivity contribution in [1.82, 2.24) is 10.2 Å². The first-order chi connectivity index (χ1) is 9.69. The molecule has 0 saturated heterocycles. The summed E-state index contributed by atoms with van der Waals surface area (Å²) in [5.41, 5.74) is 0.800. The minimum Gasteiger partial charge on any atom is -0.497 e. The zero-order valence-electron chi connectivity index (χ0n) is 11.2. The van der Waals surface area contributed by atoms with Gasteiger partial charge in [-0.2, -0.15) is 0 Å². The molecule has 0 aliphatic heterocycles. The second-order valence-electron chi connectivity index (χ2n) is 4.33. The molecule has 0 atom stereocenters. The van der Waals surface area contributed by atoms with E-state index < -0.39 is 5.97 Å². The number of carboxylic acids is 1. The fourth-order valence-electron chi connectivity index (χ4n) is 1.78. The van der Waals surface area contributed by atoms with Gasteiger partial charge in [0.05, 0.1) is 7.11 Å². The molecule has 0 spiro atoms. The fraction of sp³-hybridized carbons (Fsp3) is 0.357. The van der Waals surface area contributed by atoms with Crippen molar-refractivity contribution in [2.24, 2.45) is 0 Å². The van der Waals surface area contributed by atoms with E-state index in [-0.39, 0.29) is 6.42 Å². The highest BCUT2D eigenvalue weighted by atomic mass is 16.5. The summed E-state index contributed by atoms with van der Waals surface area (Å²) in [5.74, 6) is 0.904. The molecule has 1 N–H and O–H groups in total. The number of ether oxygens (including phenoxy) is 1. The normalized spacial score (nSPS) is 10.4. The van der Waals surface area contributed by atoms with E-state index in [1.807, 2.05) is 24.3 Å². The van der Waals surface area contributed by atoms with Crippen LogP contribution in [0.4, 0.5) is 0 Å². The maximum Gasteiger partial charge on any atom is 0.303 e. The van der Waals surface area contributed by atoms with Crippen LogP contribution in [0.25, 0.3) is 11.5 Å². The molecule has 1 aromatic heterocycles. The molecule has 0 unspecified atom stereocenters. The van der Waals surface area contributed by atoms with E-state index >= 15 is 0 Å². The van der Waals surface area contributed by atoms with Gasteiger partial charge in [-0.05, 0) is 31.0 Å². The van der Waals surface area contributed by atoms with Crippen LogP contribution in [0.2, 0.25) is 0 Å². The Bertz CT molecular complexity index is 580. The van der Waals surface area contributed by atoms with Gasteiger partial charge >= 0.3 is 5.97 Å². The topological polar surface area (TPSA) is 85.5 Å². The number of rotatable bonds is 7. The lowest BCUT2D eigenvalue weighted by Gasteiger charge is -2.00. The molecule has 1 aromatic carbocycles. The largest absolute Gasteiger partial charge is 0.497 e. The molecule has 0 saturated carbocycles. The summed E-state index contributed by atoms with van der Waals surface area (Å²) in [7, 11) is 1.60. The first kappa shape index (κ1) is 14.0. The zero-order chi connectivity index (χ0) is 14.4. The van der Waals surface area contributed by atoms with Gasteiger partial charge in [-0.1, -0.05) is 6.07 Å². The van der Waals surface area contributed by atoms with E-state index in [9.17, 15) is 4.79 Å². The van der Waals surface area contributed by atoms with Crippen LogP contribution < -0.4 is 4.74 Å². The third-order valence-corrected chi connectivity index (χ3v) is 2.81. The van der Waals surface area contributed by atoms with Crippen molar-refractivity contribution in [1.29, 1.82) is 0 Å². The Morgan fingerprint density at radius 2 is 2.20 bits per heavy atom. The number of aryl methyl sites for hydroxylation is 1. The highest BCUT2D eigenvalue weighted by molar-refractivity contribution is 5.66. The molecule has 2 aromatic rings. The summed E-state index contributed by atoms with van der Waals surface area (Å²) in [6.07, 6.45) is 2.07. The number of unbranched alkanes of at least 4 members (excludes halogenated alkanes) is 1. The molecular formula is C14H16N2O4. The second kappa shape index (κ2) is 6.70. The van der Waals surface area contributed by atoms with Gasteiger partial charge in [0.25, 0.3) is 0 Å². The number of benzene rings is 1. The van der Waals surface area contributed by atoms with Crippen LogP contribution >= 0.6 is 0 Å². The van der Waals surface area contributed by atoms with Crippen molar-refractivity contribution in [3.63, 3.8) is 0 Å². The minimum absolute atomic E-state index is 0.164. The van der Waals surface area contributed by atoms with Crippen LogP contribution in [0.5, 0.6) is 5.75 Å². The monoisotopic (exact) mass is 276 g/mol. The van der Waals surface area contributed by atoms with Gasteiger partial charge in [0.2, 0.25) is 11.8 Å². The molecule has 0 aliphatic carbocycles. The number of hydrogen-bond donors (Lipinski definition) is 1. The summed E-state index contributed by atoms with van der Waals surface area (Å²) in [4.78, 5) is 10.4. The first-order valence-corrected chi connectivity index (χ1v) is 6.37. The van der Waals surface area contributed by atoms with E-state index in [0.717, 1.165) is 11.3 Å². The van der Waals surface area contributed by atoms with Gasteiger partial charge in [0.15, 0.2) is 0 Å². The Balaban J connectivity index is 1.96. The molecule has 20 heavy (non-hydrogen) atoms. The number of aliphatic carboxylic acids is 1. The van der Waals surface area contributed by atoms with Crippen LogP contribution in [0.1, 0.15) is 25.2 Å². The predicted octanol–water partition coefficient (Wildman–Crippen LogP) is 2.54. The second-order valence-corrected chi connectivity index (χ2v) is 4.33. The summed E-state index contributed by atoms with van der Waals surface area (Å²) in [6.45, 7) is 0. The van der Waals surface area contributed by atoms with Gasteiger partial charge in [-0.15, -0.1) is 10.2 Å². The van der Waals surface area contributed by atoms with Crippen molar-refractivity contribution in [3.05, 3.63) is 30.2 Å². The molecule has 0 aliphatic rings. The van der Waals surface area contributed by atoms with E-state index in [0.29, 0.717) is 31.0 Å². The highest BCUT2D eigenvalue weighted by Gasteiger charge is 2.09. The first-order valence-electron chi connectivity index (χ1n) is 6.37. The van der Waals surface area contributed by atoms with E-state index in [1.54, 1.807) is 7.11 Å². The van der Waals surface area contributed by atoms with E-state index in [4.69, 9.17) is 14.3 Å². The number of hydrogen-bond acceptors (Lipinski definition) is 5. The minimum atomic E-state index is -0.785. The van der Waals surface area contributed by atoms with Crippen molar-refractivity contribution in [3.8, 4) is 17.2 Å². The number of methoxy groups -OCH3 is 1. The Hall–Kier alpha value is -2.37. The quantitative estimate of drug-likeness (QED) is 0.782. The van der Waals surface area contributed by atoms with Crippen LogP contribution in [0.15, 0.2) is 28.7 Å². The van der Waals surface area contributed by atoms with Crippen molar-refractivity contribution in [2.75, 3.05) is 7.11 Å². The Kier molecular flexibility index (Phi) is 4.70. The number of carboxylic acid groups (broad SMARTS) is 1. The predicted molar refractivity (Wildman–Crippen MR) is 71.5 cm³/mol. The number of carbonyl (C=O) groups is 1. The van der Waals surface area contributed by atoms with Crippen LogP contribution in [-0.2, 0) is 11.2 Å². The lowest BCUT2D eigenvalue weighted by molar-refractivity contribution is -0.137. The average molecular weight is 276 g/mol. The maximum atomic E-state index is 10.4. The van der Waals surface area contributed by atoms with Gasteiger partial charge in [0.1, 0.15) is 5.75 Å². The third kappa shape index (κ3) is 3.81. The van der Waals surface area contributed by atoms with E-state index in [2.05, 4.69) is 10.2 Å². The fourth-order valence-corrected chi connectivity index (χ4v) is 1.78. The summed E-state index contributed by atoms with van der Waals surface area (Å²) in [5, 5.41) is 16.5. The number of aromatic nitrogens is 2. The molecule has 2 rings (SSSR count). The van der Waals surface area contributed by atoms with Gasteiger partial charge in [-0.25, -0.2) is 0 Å². The molecule has 6 nitrogen and oxygen atoms in total. The van der Waals surface area contributed by atoms with Crippen molar-refractivity contribution in [2.45, 2.75) is 25.7 Å². The smallest absolute Gasteiger partial charge is 0.303 e. The molecule has 1 heterocycles. The molecule has 0 radical (unpaired) electrons. The van der Waals surface area contributed by atoms with E-state index in [1.165, 1.54) is 0 Å². The zero-order valence-corrected chi connectivity index (χ0v) is 11.2. The molecule has 6 heteroatoms. The summed E-state index contributed by atoms with van der Waals surface area (Å²) in [6, 6.07) is 7.38. The molecule has 0 bridgehead atoms. The van der Waals surface area contributed by atoms with Gasteiger partial charge in [0, 0.05) is 18.4 Å². The Labute approximate surface area is 116 Å². The van der Waals surface area contributed by atoms with Crippen LogP contribution in [0.3, 0.4) is 0 Å². The van der Waals surface area contributed by atoms with Gasteiger partial charge in [-0.3, -0.25) is 4.79 Å². The van der Waals surface area contributed by atoms with Crippen molar-refractivity contribution < 1.29 is 19.1 Å². The average Bonchev–Trinajstić information content (AvgIpc) is 2.92. The van der Waals surface area contributed by atoms with Crippen molar-refractivity contribution >= 4 is 5.97 Å². The standard InChI is InChI=1S/C14H16N2O4/c1-19-11-6-4-5-10(9-11)14-16-15-12(20-14)7-2-3-8-13(17)18/h4-6,9H,2-3,7-8H2,1H3,(H,17,18). The van der Waals surface area contributed by atoms with Gasteiger partial charge < -0.3 is 14.3 Å².